The zero-order valence-electron chi connectivity index (χ0n) is 29.5. The standard InChI is InChI=1S/C50H30N4O/c1-3-14-31(15-4-1)33-18-13-19-34(30-33)53-42-28-26-37-35-20-8-11-24-41(35)54(50-51-40-23-10-7-22-39(40)47(52-50)32-16-5-2-6-17-32)48(37)45(42)46-43(53)29-27-38-36-21-9-12-25-44(36)55-49(38)46/h1-30H. The summed E-state index contributed by atoms with van der Waals surface area (Å²) in [5, 5.41) is 7.64. The van der Waals surface area contributed by atoms with Gasteiger partial charge in [-0.2, -0.15) is 0 Å². The van der Waals surface area contributed by atoms with Crippen LogP contribution in [0.4, 0.5) is 0 Å². The number of rotatable bonds is 4. The maximum absolute atomic E-state index is 6.87. The number of fused-ring (bicyclic) bond motifs is 12. The van der Waals surface area contributed by atoms with Gasteiger partial charge < -0.3 is 8.98 Å². The average molecular weight is 703 g/mol. The van der Waals surface area contributed by atoms with Crippen molar-refractivity contribution < 1.29 is 4.42 Å². The Kier molecular flexibility index (Phi) is 6.27. The smallest absolute Gasteiger partial charge is 0.235 e. The van der Waals surface area contributed by atoms with Crippen LogP contribution in [0.5, 0.6) is 0 Å². The summed E-state index contributed by atoms with van der Waals surface area (Å²) in [6, 6.07) is 64.1. The highest BCUT2D eigenvalue weighted by Gasteiger charge is 2.25. The molecule has 0 aliphatic rings. The van der Waals surface area contributed by atoms with Crippen molar-refractivity contribution in [2.45, 2.75) is 0 Å². The molecule has 12 aromatic rings. The van der Waals surface area contributed by atoms with E-state index in [-0.39, 0.29) is 0 Å². The highest BCUT2D eigenvalue weighted by atomic mass is 16.3. The second-order valence-corrected chi connectivity index (χ2v) is 14.2. The van der Waals surface area contributed by atoms with Crippen LogP contribution < -0.4 is 0 Å². The van der Waals surface area contributed by atoms with Crippen molar-refractivity contribution in [2.24, 2.45) is 0 Å². The maximum Gasteiger partial charge on any atom is 0.235 e. The summed E-state index contributed by atoms with van der Waals surface area (Å²) in [6.45, 7) is 0. The van der Waals surface area contributed by atoms with E-state index >= 15 is 0 Å². The van der Waals surface area contributed by atoms with E-state index < -0.39 is 0 Å². The highest BCUT2D eigenvalue weighted by molar-refractivity contribution is 6.32. The number of benzene rings is 8. The highest BCUT2D eigenvalue weighted by Crippen LogP contribution is 2.46. The van der Waals surface area contributed by atoms with Crippen LogP contribution >= 0.6 is 0 Å². The summed E-state index contributed by atoms with van der Waals surface area (Å²) in [4.78, 5) is 10.7. The zero-order valence-corrected chi connectivity index (χ0v) is 29.5. The number of aromatic nitrogens is 4. The fourth-order valence-corrected chi connectivity index (χ4v) is 8.74. The first-order chi connectivity index (χ1) is 27.3. The Balaban J connectivity index is 1.28. The molecule has 0 radical (unpaired) electrons. The molecule has 0 saturated carbocycles. The molecular weight excluding hydrogens is 673 g/mol. The van der Waals surface area contributed by atoms with E-state index in [1.807, 2.05) is 18.2 Å². The van der Waals surface area contributed by atoms with Gasteiger partial charge in [-0.15, -0.1) is 0 Å². The molecule has 5 heteroatoms. The number of para-hydroxylation sites is 3. The molecule has 55 heavy (non-hydrogen) atoms. The van der Waals surface area contributed by atoms with Crippen LogP contribution in [0, 0.1) is 0 Å². The SMILES string of the molecule is c1ccc(-c2cccc(-n3c4ccc5c6ccccc6oc5c4c4c3ccc3c5ccccc5n(-c5nc(-c6ccccc6)c6ccccc6n5)c34)c2)cc1. The van der Waals surface area contributed by atoms with Gasteiger partial charge in [-0.1, -0.05) is 133 Å². The van der Waals surface area contributed by atoms with Gasteiger partial charge in [-0.3, -0.25) is 4.57 Å². The summed E-state index contributed by atoms with van der Waals surface area (Å²) in [5.74, 6) is 0.625. The lowest BCUT2D eigenvalue weighted by Gasteiger charge is -2.12. The van der Waals surface area contributed by atoms with E-state index in [4.69, 9.17) is 14.4 Å². The summed E-state index contributed by atoms with van der Waals surface area (Å²) < 4.78 is 11.5. The molecule has 0 saturated heterocycles. The van der Waals surface area contributed by atoms with Gasteiger partial charge in [0.1, 0.15) is 11.2 Å². The molecule has 0 bridgehead atoms. The summed E-state index contributed by atoms with van der Waals surface area (Å²) in [7, 11) is 0. The molecule has 5 nitrogen and oxygen atoms in total. The van der Waals surface area contributed by atoms with Gasteiger partial charge in [0.25, 0.3) is 0 Å². The maximum atomic E-state index is 6.87. The summed E-state index contributed by atoms with van der Waals surface area (Å²) in [6.07, 6.45) is 0. The van der Waals surface area contributed by atoms with Crippen LogP contribution in [0.3, 0.4) is 0 Å². The minimum Gasteiger partial charge on any atom is -0.455 e. The minimum atomic E-state index is 0.625. The number of hydrogen-bond acceptors (Lipinski definition) is 3. The molecule has 8 aromatic carbocycles. The molecule has 12 rings (SSSR count). The van der Waals surface area contributed by atoms with Crippen LogP contribution in [0.2, 0.25) is 0 Å². The second-order valence-electron chi connectivity index (χ2n) is 14.2. The van der Waals surface area contributed by atoms with Crippen LogP contribution in [-0.2, 0) is 0 Å². The lowest BCUT2D eigenvalue weighted by molar-refractivity contribution is 0.673. The predicted molar refractivity (Wildman–Crippen MR) is 226 cm³/mol. The molecule has 4 heterocycles. The van der Waals surface area contributed by atoms with Crippen LogP contribution in [0.1, 0.15) is 0 Å². The van der Waals surface area contributed by atoms with Crippen molar-refractivity contribution in [1.82, 2.24) is 19.1 Å². The van der Waals surface area contributed by atoms with E-state index in [1.54, 1.807) is 0 Å². The molecule has 0 aliphatic carbocycles. The van der Waals surface area contributed by atoms with E-state index in [1.165, 1.54) is 5.56 Å². The Bertz CT molecular complexity index is 3480. The Morgan fingerprint density at radius 2 is 1.05 bits per heavy atom. The second kappa shape index (κ2) is 11.5. The molecule has 0 fully saturated rings. The van der Waals surface area contributed by atoms with E-state index in [2.05, 4.69) is 173 Å². The first-order valence-electron chi connectivity index (χ1n) is 18.6. The van der Waals surface area contributed by atoms with Crippen molar-refractivity contribution in [3.8, 4) is 34.0 Å². The van der Waals surface area contributed by atoms with Crippen molar-refractivity contribution in [3.05, 3.63) is 182 Å². The largest absolute Gasteiger partial charge is 0.455 e. The molecule has 0 spiro atoms. The van der Waals surface area contributed by atoms with Crippen LogP contribution in [-0.4, -0.2) is 19.1 Å². The Labute approximate surface area is 315 Å². The molecule has 0 unspecified atom stereocenters. The quantitative estimate of drug-likeness (QED) is 0.183. The third-order valence-electron chi connectivity index (χ3n) is 11.1. The van der Waals surface area contributed by atoms with E-state index in [0.717, 1.165) is 99.0 Å². The van der Waals surface area contributed by atoms with Crippen molar-refractivity contribution in [3.63, 3.8) is 0 Å². The van der Waals surface area contributed by atoms with E-state index in [9.17, 15) is 0 Å². The fraction of sp³-hybridized carbons (Fsp3) is 0. The molecule has 256 valence electrons. The first kappa shape index (κ1) is 30.0. The van der Waals surface area contributed by atoms with Gasteiger partial charge in [-0.25, -0.2) is 9.97 Å². The monoisotopic (exact) mass is 702 g/mol. The topological polar surface area (TPSA) is 48.8 Å². The normalized spacial score (nSPS) is 12.0. The van der Waals surface area contributed by atoms with Crippen molar-refractivity contribution in [2.75, 3.05) is 0 Å². The predicted octanol–water partition coefficient (Wildman–Crippen LogP) is 13.1. The molecule has 0 amide bonds. The van der Waals surface area contributed by atoms with Gasteiger partial charge >= 0.3 is 0 Å². The lowest BCUT2D eigenvalue weighted by Crippen LogP contribution is -2.03. The summed E-state index contributed by atoms with van der Waals surface area (Å²) in [5.41, 5.74) is 12.2. The van der Waals surface area contributed by atoms with Crippen LogP contribution in [0.15, 0.2) is 186 Å². The number of nitrogens with zero attached hydrogens (tertiary/aromatic N) is 4. The van der Waals surface area contributed by atoms with Gasteiger partial charge in [0.2, 0.25) is 5.95 Å². The van der Waals surface area contributed by atoms with Crippen molar-refractivity contribution >= 4 is 76.5 Å². The molecule has 4 aromatic heterocycles. The third-order valence-corrected chi connectivity index (χ3v) is 11.1. The van der Waals surface area contributed by atoms with E-state index in [0.29, 0.717) is 5.95 Å². The van der Waals surface area contributed by atoms with Crippen molar-refractivity contribution in [1.29, 1.82) is 0 Å². The van der Waals surface area contributed by atoms with Gasteiger partial charge in [0, 0.05) is 43.6 Å². The summed E-state index contributed by atoms with van der Waals surface area (Å²) >= 11 is 0. The third kappa shape index (κ3) is 4.35. The fourth-order valence-electron chi connectivity index (χ4n) is 8.74. The zero-order chi connectivity index (χ0) is 36.0. The number of furan rings is 1. The minimum absolute atomic E-state index is 0.625. The van der Waals surface area contributed by atoms with Crippen LogP contribution in [0.25, 0.3) is 110 Å². The van der Waals surface area contributed by atoms with Gasteiger partial charge in [0.05, 0.1) is 38.7 Å². The Morgan fingerprint density at radius 3 is 1.89 bits per heavy atom. The Morgan fingerprint density at radius 1 is 0.400 bits per heavy atom. The molecular formula is C50H30N4O. The van der Waals surface area contributed by atoms with Gasteiger partial charge in [-0.05, 0) is 59.7 Å². The van der Waals surface area contributed by atoms with Gasteiger partial charge in [0.15, 0.2) is 0 Å². The number of hydrogen-bond donors (Lipinski definition) is 0. The average Bonchev–Trinajstić information content (AvgIpc) is 3.92. The molecule has 0 N–H and O–H groups in total. The first-order valence-corrected chi connectivity index (χ1v) is 18.6. The molecule has 0 atom stereocenters. The lowest BCUT2D eigenvalue weighted by atomic mass is 10.1. The molecule has 0 aliphatic heterocycles. The Hall–Kier alpha value is -7.50.